The summed E-state index contributed by atoms with van der Waals surface area (Å²) in [5.41, 5.74) is 2.40. The summed E-state index contributed by atoms with van der Waals surface area (Å²) in [5.74, 6) is -0.743. The van der Waals surface area contributed by atoms with E-state index in [9.17, 15) is 14.4 Å². The molecule has 5 rings (SSSR count). The van der Waals surface area contributed by atoms with Gasteiger partial charge in [0.25, 0.3) is 5.91 Å². The highest BCUT2D eigenvalue weighted by Crippen LogP contribution is 2.33. The number of nitrogens with zero attached hydrogens (tertiary/aromatic N) is 4. The molecule has 10 nitrogen and oxygen atoms in total. The van der Waals surface area contributed by atoms with Gasteiger partial charge in [-0.3, -0.25) is 9.59 Å². The van der Waals surface area contributed by atoms with E-state index in [0.717, 1.165) is 5.56 Å². The summed E-state index contributed by atoms with van der Waals surface area (Å²) in [6.45, 7) is -0.203. The number of hydrogen-bond acceptors (Lipinski definition) is 7. The number of pyridine rings is 1. The Morgan fingerprint density at radius 1 is 1.03 bits per heavy atom. The van der Waals surface area contributed by atoms with Gasteiger partial charge in [0.2, 0.25) is 5.82 Å². The summed E-state index contributed by atoms with van der Waals surface area (Å²) in [5, 5.41) is 15.3. The molecule has 0 aliphatic heterocycles. The zero-order chi connectivity index (χ0) is 26.8. The molecule has 2 N–H and O–H groups in total. The van der Waals surface area contributed by atoms with Crippen molar-refractivity contribution in [2.45, 2.75) is 6.54 Å². The zero-order valence-corrected chi connectivity index (χ0v) is 21.1. The molecule has 0 saturated heterocycles. The molecule has 5 aromatic rings. The fourth-order valence-corrected chi connectivity index (χ4v) is 4.41. The smallest absolute Gasteiger partial charge is 0.354 e. The number of carbonyl (C=O) groups is 2. The second-order valence-corrected chi connectivity index (χ2v) is 8.78. The number of rotatable bonds is 6. The third-order valence-corrected chi connectivity index (χ3v) is 6.33. The molecule has 0 unspecified atom stereocenters. The van der Waals surface area contributed by atoms with E-state index in [-0.39, 0.29) is 17.8 Å². The molecule has 3 aromatic carbocycles. The lowest BCUT2D eigenvalue weighted by Gasteiger charge is -2.14. The van der Waals surface area contributed by atoms with Crippen molar-refractivity contribution in [1.29, 1.82) is 0 Å². The second-order valence-electron chi connectivity index (χ2n) is 8.37. The number of ether oxygens (including phenoxy) is 1. The Morgan fingerprint density at radius 3 is 2.42 bits per heavy atom. The molecule has 0 bridgehead atoms. The van der Waals surface area contributed by atoms with Gasteiger partial charge in [0.15, 0.2) is 5.43 Å². The van der Waals surface area contributed by atoms with Crippen LogP contribution in [-0.2, 0) is 18.3 Å². The third-order valence-electron chi connectivity index (χ3n) is 6.02. The van der Waals surface area contributed by atoms with Crippen molar-refractivity contribution in [1.82, 2.24) is 30.5 Å². The van der Waals surface area contributed by atoms with Gasteiger partial charge in [0.05, 0.1) is 30.3 Å². The van der Waals surface area contributed by atoms with Crippen LogP contribution >= 0.6 is 11.6 Å². The van der Waals surface area contributed by atoms with E-state index in [4.69, 9.17) is 16.3 Å². The maximum Gasteiger partial charge on any atom is 0.354 e. The van der Waals surface area contributed by atoms with Crippen LogP contribution in [0.2, 0.25) is 5.02 Å². The summed E-state index contributed by atoms with van der Waals surface area (Å²) < 4.78 is 4.93. The first-order valence-electron chi connectivity index (χ1n) is 11.5. The number of hydrogen-bond donors (Lipinski definition) is 2. The van der Waals surface area contributed by atoms with E-state index >= 15 is 0 Å². The molecule has 190 valence electrons. The van der Waals surface area contributed by atoms with Crippen molar-refractivity contribution in [3.63, 3.8) is 0 Å². The molecular weight excluding hydrogens is 508 g/mol. The van der Waals surface area contributed by atoms with Crippen LogP contribution in [0.1, 0.15) is 26.4 Å². The fraction of sp³-hybridized carbons (Fsp3) is 0.111. The van der Waals surface area contributed by atoms with E-state index in [1.54, 1.807) is 43.4 Å². The lowest BCUT2D eigenvalue weighted by Crippen LogP contribution is -2.29. The minimum absolute atomic E-state index is 0.0613. The predicted molar refractivity (Wildman–Crippen MR) is 142 cm³/mol. The van der Waals surface area contributed by atoms with Crippen molar-refractivity contribution in [3.8, 4) is 22.5 Å². The van der Waals surface area contributed by atoms with Crippen LogP contribution in [-0.4, -0.2) is 44.2 Å². The highest BCUT2D eigenvalue weighted by molar-refractivity contribution is 6.35. The molecule has 0 atom stereocenters. The molecule has 11 heteroatoms. The van der Waals surface area contributed by atoms with E-state index in [2.05, 4.69) is 25.7 Å². The number of aryl methyl sites for hydroxylation is 1. The number of aromatic nitrogens is 5. The number of fused-ring (bicyclic) bond motifs is 1. The SMILES string of the molecule is COC(=O)c1[nH]c2c(-c3ccccc3)c(Cl)ccc2c(=O)c1CNC(=O)c1ccc(-c2nnn(C)n2)cc1. The summed E-state index contributed by atoms with van der Waals surface area (Å²) >= 11 is 6.51. The number of amides is 1. The highest BCUT2D eigenvalue weighted by Gasteiger charge is 2.22. The molecule has 0 aliphatic carbocycles. The standard InChI is InChI=1S/C27H21ClN6O4/c1-34-32-25(31-33-34)16-8-10-17(11-9-16)26(36)29-14-19-23(27(37)38-2)30-22-18(24(19)35)12-13-20(28)21(22)15-6-4-3-5-7-15/h3-13H,14H2,1-2H3,(H,29,36)(H,30,35). The second kappa shape index (κ2) is 10.3. The monoisotopic (exact) mass is 528 g/mol. The topological polar surface area (TPSA) is 132 Å². The minimum Gasteiger partial charge on any atom is -0.464 e. The lowest BCUT2D eigenvalue weighted by molar-refractivity contribution is 0.0592. The number of carbonyl (C=O) groups excluding carboxylic acids is 2. The quantitative estimate of drug-likeness (QED) is 0.321. The summed E-state index contributed by atoms with van der Waals surface area (Å²) in [6.07, 6.45) is 0. The Bertz CT molecular complexity index is 1730. The number of methoxy groups -OCH3 is 1. The van der Waals surface area contributed by atoms with Crippen molar-refractivity contribution in [2.24, 2.45) is 7.05 Å². The minimum atomic E-state index is -0.743. The predicted octanol–water partition coefficient (Wildman–Crippen LogP) is 3.76. The van der Waals surface area contributed by atoms with Crippen molar-refractivity contribution < 1.29 is 14.3 Å². The fourth-order valence-electron chi connectivity index (χ4n) is 4.15. The van der Waals surface area contributed by atoms with Gasteiger partial charge in [-0.05, 0) is 35.0 Å². The van der Waals surface area contributed by atoms with Crippen molar-refractivity contribution in [3.05, 3.63) is 98.8 Å². The normalized spacial score (nSPS) is 10.9. The summed E-state index contributed by atoms with van der Waals surface area (Å²) in [4.78, 5) is 43.5. The first-order chi connectivity index (χ1) is 18.4. The molecule has 0 aliphatic rings. The van der Waals surface area contributed by atoms with Gasteiger partial charge in [-0.15, -0.1) is 10.2 Å². The Balaban J connectivity index is 1.49. The summed E-state index contributed by atoms with van der Waals surface area (Å²) in [7, 11) is 2.88. The Morgan fingerprint density at radius 2 is 1.76 bits per heavy atom. The first kappa shape index (κ1) is 24.8. The van der Waals surface area contributed by atoms with E-state index in [1.807, 2.05) is 30.3 Å². The van der Waals surface area contributed by atoms with Gasteiger partial charge < -0.3 is 15.0 Å². The number of aromatic amines is 1. The summed E-state index contributed by atoms with van der Waals surface area (Å²) in [6, 6.07) is 19.1. The molecule has 0 saturated carbocycles. The van der Waals surface area contributed by atoms with Gasteiger partial charge in [0, 0.05) is 28.6 Å². The van der Waals surface area contributed by atoms with Crippen LogP contribution in [0.25, 0.3) is 33.4 Å². The maximum atomic E-state index is 13.6. The van der Waals surface area contributed by atoms with Crippen LogP contribution in [0.15, 0.2) is 71.5 Å². The van der Waals surface area contributed by atoms with Gasteiger partial charge >= 0.3 is 5.97 Å². The van der Waals surface area contributed by atoms with Gasteiger partial charge in [-0.1, -0.05) is 54.1 Å². The van der Waals surface area contributed by atoms with Crippen LogP contribution in [0.4, 0.5) is 0 Å². The molecular formula is C27H21ClN6O4. The molecule has 0 fully saturated rings. The van der Waals surface area contributed by atoms with Gasteiger partial charge in [-0.25, -0.2) is 4.79 Å². The molecule has 2 aromatic heterocycles. The van der Waals surface area contributed by atoms with E-state index < -0.39 is 17.3 Å². The van der Waals surface area contributed by atoms with Gasteiger partial charge in [-0.2, -0.15) is 4.80 Å². The molecule has 1 amide bonds. The number of H-pyrrole nitrogens is 1. The number of benzene rings is 3. The molecule has 2 heterocycles. The van der Waals surface area contributed by atoms with Crippen LogP contribution in [0, 0.1) is 0 Å². The first-order valence-corrected chi connectivity index (χ1v) is 11.9. The zero-order valence-electron chi connectivity index (χ0n) is 20.4. The number of esters is 1. The highest BCUT2D eigenvalue weighted by atomic mass is 35.5. The average Bonchev–Trinajstić information content (AvgIpc) is 3.38. The molecule has 38 heavy (non-hydrogen) atoms. The number of halogens is 1. The van der Waals surface area contributed by atoms with Crippen LogP contribution < -0.4 is 10.7 Å². The van der Waals surface area contributed by atoms with Crippen LogP contribution in [0.3, 0.4) is 0 Å². The number of nitrogens with one attached hydrogen (secondary N) is 2. The maximum absolute atomic E-state index is 13.6. The lowest BCUT2D eigenvalue weighted by atomic mass is 9.99. The van der Waals surface area contributed by atoms with E-state index in [1.165, 1.54) is 11.9 Å². The van der Waals surface area contributed by atoms with Gasteiger partial charge in [0.1, 0.15) is 5.69 Å². The molecule has 0 spiro atoms. The Labute approximate surface area is 221 Å². The Kier molecular flexibility index (Phi) is 6.71. The van der Waals surface area contributed by atoms with E-state index in [0.29, 0.717) is 38.4 Å². The molecule has 0 radical (unpaired) electrons. The Hall–Kier alpha value is -4.83. The van der Waals surface area contributed by atoms with Crippen LogP contribution in [0.5, 0.6) is 0 Å². The van der Waals surface area contributed by atoms with Crippen molar-refractivity contribution in [2.75, 3.05) is 7.11 Å². The number of tetrazole rings is 1. The average molecular weight is 529 g/mol. The largest absolute Gasteiger partial charge is 0.464 e. The third kappa shape index (κ3) is 4.64. The van der Waals surface area contributed by atoms with Crippen molar-refractivity contribution >= 4 is 34.4 Å².